The molecule has 0 saturated heterocycles. The molecule has 108 valence electrons. The Labute approximate surface area is 125 Å². The fourth-order valence-electron chi connectivity index (χ4n) is 1.44. The summed E-state index contributed by atoms with van der Waals surface area (Å²) in [6, 6.07) is 5.95. The smallest absolute Gasteiger partial charge is 0.0631 e. The van der Waals surface area contributed by atoms with E-state index in [9.17, 15) is 5.11 Å². The van der Waals surface area contributed by atoms with Gasteiger partial charge in [0.15, 0.2) is 0 Å². The third-order valence-corrected chi connectivity index (χ3v) is 4.47. The van der Waals surface area contributed by atoms with Crippen molar-refractivity contribution in [2.24, 2.45) is 0 Å². The summed E-state index contributed by atoms with van der Waals surface area (Å²) in [6.45, 7) is 11.1. The van der Waals surface area contributed by atoms with E-state index in [2.05, 4.69) is 32.2 Å². The van der Waals surface area contributed by atoms with Gasteiger partial charge >= 0.3 is 0 Å². The second kappa shape index (κ2) is 6.98. The van der Waals surface area contributed by atoms with Gasteiger partial charge in [0.25, 0.3) is 0 Å². The molecule has 0 radical (unpaired) electrons. The predicted octanol–water partition coefficient (Wildman–Crippen LogP) is 4.09. The summed E-state index contributed by atoms with van der Waals surface area (Å²) in [6.07, 6.45) is -0.340. The Balaban J connectivity index is 2.85. The van der Waals surface area contributed by atoms with Crippen LogP contribution in [0.1, 0.15) is 40.2 Å². The van der Waals surface area contributed by atoms with E-state index < -0.39 is 0 Å². The van der Waals surface area contributed by atoms with Gasteiger partial charge in [0.1, 0.15) is 0 Å². The molecule has 0 aliphatic rings. The first-order valence-electron chi connectivity index (χ1n) is 6.57. The Morgan fingerprint density at radius 3 is 2.47 bits per heavy atom. The lowest BCUT2D eigenvalue weighted by Gasteiger charge is -2.22. The van der Waals surface area contributed by atoms with Crippen molar-refractivity contribution in [2.45, 2.75) is 63.0 Å². The normalized spacial score (nSPS) is 15.3. The lowest BCUT2D eigenvalue weighted by atomic mass is 10.1. The van der Waals surface area contributed by atoms with Crippen molar-refractivity contribution in [3.8, 4) is 0 Å². The third kappa shape index (κ3) is 6.17. The minimum atomic E-state index is -0.340. The van der Waals surface area contributed by atoms with Gasteiger partial charge in [-0.2, -0.15) is 0 Å². The summed E-state index contributed by atoms with van der Waals surface area (Å²) in [5, 5.41) is 14.0. The Bertz CT molecular complexity index is 415. The average molecular weight is 302 g/mol. The molecule has 0 saturated carbocycles. The lowest BCUT2D eigenvalue weighted by molar-refractivity contribution is 0.196. The van der Waals surface area contributed by atoms with Gasteiger partial charge in [-0.3, -0.25) is 0 Å². The van der Waals surface area contributed by atoms with Crippen molar-refractivity contribution in [1.29, 1.82) is 0 Å². The van der Waals surface area contributed by atoms with E-state index >= 15 is 0 Å². The van der Waals surface area contributed by atoms with Crippen molar-refractivity contribution in [1.82, 2.24) is 5.32 Å². The number of benzene rings is 1. The Hall–Kier alpha value is -0.220. The predicted molar refractivity (Wildman–Crippen MR) is 85.0 cm³/mol. The Kier molecular flexibility index (Phi) is 6.18. The van der Waals surface area contributed by atoms with E-state index in [1.54, 1.807) is 11.8 Å². The van der Waals surface area contributed by atoms with Crippen molar-refractivity contribution in [3.05, 3.63) is 28.8 Å². The van der Waals surface area contributed by atoms with Crippen molar-refractivity contribution >= 4 is 23.4 Å². The van der Waals surface area contributed by atoms with Crippen LogP contribution < -0.4 is 5.32 Å². The van der Waals surface area contributed by atoms with E-state index in [0.717, 1.165) is 16.5 Å². The van der Waals surface area contributed by atoms with E-state index in [-0.39, 0.29) is 16.9 Å². The van der Waals surface area contributed by atoms with Crippen LogP contribution >= 0.6 is 23.4 Å². The summed E-state index contributed by atoms with van der Waals surface area (Å²) >= 11 is 7.74. The minimum Gasteiger partial charge on any atom is -0.392 e. The molecule has 2 nitrogen and oxygen atoms in total. The number of aliphatic hydroxyl groups excluding tert-OH is 1. The zero-order valence-electron chi connectivity index (χ0n) is 12.3. The molecule has 4 heteroatoms. The highest BCUT2D eigenvalue weighted by Gasteiger charge is 2.15. The standard InChI is InChI=1S/C15H24ClNOS/c1-10(18)11(2)19-14-8-13(16)7-6-12(14)9-17-15(3,4)5/h6-8,10-11,17-18H,9H2,1-5H3. The molecule has 0 heterocycles. The first-order valence-corrected chi connectivity index (χ1v) is 7.83. The number of halogens is 1. The molecule has 0 aliphatic carbocycles. The van der Waals surface area contributed by atoms with Crippen LogP contribution in [0.15, 0.2) is 23.1 Å². The van der Waals surface area contributed by atoms with Crippen LogP contribution in [-0.4, -0.2) is 22.0 Å². The highest BCUT2D eigenvalue weighted by atomic mass is 35.5. The topological polar surface area (TPSA) is 32.3 Å². The van der Waals surface area contributed by atoms with Crippen LogP contribution in [0.2, 0.25) is 5.02 Å². The van der Waals surface area contributed by atoms with Gasteiger partial charge < -0.3 is 10.4 Å². The molecule has 0 amide bonds. The van der Waals surface area contributed by atoms with Gasteiger partial charge in [-0.05, 0) is 45.4 Å². The Morgan fingerprint density at radius 1 is 1.32 bits per heavy atom. The molecule has 0 fully saturated rings. The van der Waals surface area contributed by atoms with Gasteiger partial charge in [0.05, 0.1) is 6.10 Å². The zero-order chi connectivity index (χ0) is 14.6. The fourth-order valence-corrected chi connectivity index (χ4v) is 2.76. The van der Waals surface area contributed by atoms with Crippen LogP contribution in [0.3, 0.4) is 0 Å². The number of hydrogen-bond donors (Lipinski definition) is 2. The fraction of sp³-hybridized carbons (Fsp3) is 0.600. The molecule has 19 heavy (non-hydrogen) atoms. The summed E-state index contributed by atoms with van der Waals surface area (Å²) < 4.78 is 0. The van der Waals surface area contributed by atoms with Gasteiger partial charge in [0.2, 0.25) is 0 Å². The number of aliphatic hydroxyl groups is 1. The number of hydrogen-bond acceptors (Lipinski definition) is 3. The van der Waals surface area contributed by atoms with Crippen molar-refractivity contribution in [2.75, 3.05) is 0 Å². The summed E-state index contributed by atoms with van der Waals surface area (Å²) in [7, 11) is 0. The van der Waals surface area contributed by atoms with Gasteiger partial charge in [-0.1, -0.05) is 24.6 Å². The number of nitrogens with one attached hydrogen (secondary N) is 1. The van der Waals surface area contributed by atoms with Crippen LogP contribution in [0.25, 0.3) is 0 Å². The molecule has 1 aromatic carbocycles. The van der Waals surface area contributed by atoms with Crippen LogP contribution in [0.4, 0.5) is 0 Å². The molecular weight excluding hydrogens is 278 g/mol. The summed E-state index contributed by atoms with van der Waals surface area (Å²) in [5.74, 6) is 0. The maximum Gasteiger partial charge on any atom is 0.0631 e. The monoisotopic (exact) mass is 301 g/mol. The molecule has 2 unspecified atom stereocenters. The molecule has 1 rings (SSSR count). The SMILES string of the molecule is CC(O)C(C)Sc1cc(Cl)ccc1CNC(C)(C)C. The Morgan fingerprint density at radius 2 is 1.95 bits per heavy atom. The maximum absolute atomic E-state index is 9.63. The van der Waals surface area contributed by atoms with Gasteiger partial charge in [-0.15, -0.1) is 11.8 Å². The highest BCUT2D eigenvalue weighted by molar-refractivity contribution is 8.00. The van der Waals surface area contributed by atoms with Crippen LogP contribution in [0, 0.1) is 0 Å². The van der Waals surface area contributed by atoms with Crippen molar-refractivity contribution in [3.63, 3.8) is 0 Å². The summed E-state index contributed by atoms with van der Waals surface area (Å²) in [5.41, 5.74) is 1.30. The summed E-state index contributed by atoms with van der Waals surface area (Å²) in [4.78, 5) is 1.14. The molecule has 1 aromatic rings. The largest absolute Gasteiger partial charge is 0.392 e. The van der Waals surface area contributed by atoms with Gasteiger partial charge in [-0.25, -0.2) is 0 Å². The second-order valence-electron chi connectivity index (χ2n) is 5.92. The first kappa shape index (κ1) is 16.8. The van der Waals surface area contributed by atoms with Crippen molar-refractivity contribution < 1.29 is 5.11 Å². The average Bonchev–Trinajstić information content (AvgIpc) is 2.26. The second-order valence-corrected chi connectivity index (χ2v) is 7.77. The minimum absolute atomic E-state index is 0.0808. The van der Waals surface area contributed by atoms with Crippen LogP contribution in [0.5, 0.6) is 0 Å². The number of thioether (sulfide) groups is 1. The zero-order valence-corrected chi connectivity index (χ0v) is 13.9. The maximum atomic E-state index is 9.63. The number of rotatable bonds is 5. The van der Waals surface area contributed by atoms with E-state index in [4.69, 9.17) is 11.6 Å². The molecule has 0 aromatic heterocycles. The molecule has 2 N–H and O–H groups in total. The van der Waals surface area contributed by atoms with E-state index in [1.165, 1.54) is 5.56 Å². The quantitative estimate of drug-likeness (QED) is 0.804. The highest BCUT2D eigenvalue weighted by Crippen LogP contribution is 2.31. The molecular formula is C15H24ClNOS. The third-order valence-electron chi connectivity index (χ3n) is 2.83. The molecule has 0 spiro atoms. The molecule has 2 atom stereocenters. The first-order chi connectivity index (χ1) is 8.69. The lowest BCUT2D eigenvalue weighted by Crippen LogP contribution is -2.35. The molecule has 0 aliphatic heterocycles. The van der Waals surface area contributed by atoms with Crippen LogP contribution in [-0.2, 0) is 6.54 Å². The van der Waals surface area contributed by atoms with Gasteiger partial charge in [0, 0.05) is 27.3 Å². The van der Waals surface area contributed by atoms with E-state index in [1.807, 2.05) is 26.0 Å². The van der Waals surface area contributed by atoms with E-state index in [0.29, 0.717) is 0 Å². The molecule has 0 bridgehead atoms.